The van der Waals surface area contributed by atoms with Gasteiger partial charge in [0.1, 0.15) is 17.7 Å². The van der Waals surface area contributed by atoms with Gasteiger partial charge in [-0.25, -0.2) is 4.79 Å². The van der Waals surface area contributed by atoms with Gasteiger partial charge in [-0.15, -0.1) is 0 Å². The number of alkyl carbamates (subject to hydrolysis) is 1. The molecule has 0 saturated heterocycles. The molecule has 0 aromatic heterocycles. The summed E-state index contributed by atoms with van der Waals surface area (Å²) in [7, 11) is 0. The Morgan fingerprint density at radius 1 is 1.20 bits per heavy atom. The van der Waals surface area contributed by atoms with Crippen LogP contribution in [0.3, 0.4) is 0 Å². The van der Waals surface area contributed by atoms with E-state index in [0.717, 1.165) is 44.9 Å². The van der Waals surface area contributed by atoms with Crippen molar-refractivity contribution < 1.29 is 19.4 Å². The molecule has 0 heterocycles. The Bertz CT molecular complexity index is 749. The van der Waals surface area contributed by atoms with Gasteiger partial charge in [-0.2, -0.15) is 5.26 Å². The van der Waals surface area contributed by atoms with Gasteiger partial charge in [0.2, 0.25) is 5.91 Å². The van der Waals surface area contributed by atoms with Crippen molar-refractivity contribution in [3.63, 3.8) is 0 Å². The Balaban J connectivity index is 1.66. The first kappa shape index (κ1) is 21.4. The van der Waals surface area contributed by atoms with Crippen LogP contribution >= 0.6 is 0 Å². The van der Waals surface area contributed by atoms with Crippen LogP contribution in [0, 0.1) is 28.6 Å². The number of hydrogen-bond acceptors (Lipinski definition) is 5. The monoisotopic (exact) mass is 417 g/mol. The smallest absolute Gasteiger partial charge is 0.408 e. The van der Waals surface area contributed by atoms with Crippen molar-refractivity contribution in [1.82, 2.24) is 10.2 Å². The minimum atomic E-state index is -0.777. The third kappa shape index (κ3) is 4.03. The average molecular weight is 418 g/mol. The first-order valence-electron chi connectivity index (χ1n) is 11.4. The van der Waals surface area contributed by atoms with E-state index in [2.05, 4.69) is 11.4 Å². The topological polar surface area (TPSA) is 103 Å². The standard InChI is InChI=1S/C23H35N3O4/c1-14(12-24)26(17-5-6-17)19(27)18(25-20(28)30-21(2,3)4)22-8-15-7-16(9-22)11-23(29,10-15)13-22/h14-18,29H,5-11,13H2,1-4H3,(H,25,28). The van der Waals surface area contributed by atoms with Crippen LogP contribution in [0.2, 0.25) is 0 Å². The molecule has 5 aliphatic carbocycles. The molecule has 4 atom stereocenters. The number of nitrogens with zero attached hydrogens (tertiary/aromatic N) is 2. The second-order valence-corrected chi connectivity index (χ2v) is 11.4. The summed E-state index contributed by atoms with van der Waals surface area (Å²) in [5.41, 5.74) is -1.90. The fourth-order valence-electron chi connectivity index (χ4n) is 6.78. The van der Waals surface area contributed by atoms with Gasteiger partial charge in [0.15, 0.2) is 0 Å². The highest BCUT2D eigenvalue weighted by molar-refractivity contribution is 5.87. The molecule has 0 aliphatic heterocycles. The largest absolute Gasteiger partial charge is 0.444 e. The van der Waals surface area contributed by atoms with E-state index in [9.17, 15) is 20.0 Å². The third-order valence-corrected chi connectivity index (χ3v) is 7.39. The summed E-state index contributed by atoms with van der Waals surface area (Å²) in [4.78, 5) is 28.3. The molecule has 0 aromatic carbocycles. The van der Waals surface area contributed by atoms with E-state index in [1.54, 1.807) is 32.6 Å². The van der Waals surface area contributed by atoms with E-state index in [-0.39, 0.29) is 11.9 Å². The maximum absolute atomic E-state index is 13.9. The molecule has 7 nitrogen and oxygen atoms in total. The molecule has 30 heavy (non-hydrogen) atoms. The van der Waals surface area contributed by atoms with E-state index in [1.165, 1.54) is 0 Å². The van der Waals surface area contributed by atoms with Crippen LogP contribution in [-0.4, -0.2) is 51.3 Å². The molecule has 2 amide bonds. The van der Waals surface area contributed by atoms with Gasteiger partial charge in [0.25, 0.3) is 0 Å². The summed E-state index contributed by atoms with van der Waals surface area (Å²) in [5.74, 6) is 0.576. The molecule has 2 N–H and O–H groups in total. The summed E-state index contributed by atoms with van der Waals surface area (Å²) in [6.45, 7) is 7.13. The molecule has 0 spiro atoms. The van der Waals surface area contributed by atoms with Gasteiger partial charge in [-0.1, -0.05) is 0 Å². The Hall–Kier alpha value is -1.81. The Morgan fingerprint density at radius 2 is 1.80 bits per heavy atom. The number of amides is 2. The van der Waals surface area contributed by atoms with Gasteiger partial charge < -0.3 is 20.1 Å². The third-order valence-electron chi connectivity index (χ3n) is 7.39. The van der Waals surface area contributed by atoms with E-state index in [1.807, 2.05) is 0 Å². The normalized spacial score (nSPS) is 36.5. The zero-order valence-corrected chi connectivity index (χ0v) is 18.6. The Labute approximate surface area is 179 Å². The maximum atomic E-state index is 13.9. The van der Waals surface area contributed by atoms with Crippen LogP contribution in [-0.2, 0) is 9.53 Å². The van der Waals surface area contributed by atoms with Crippen molar-refractivity contribution >= 4 is 12.0 Å². The van der Waals surface area contributed by atoms with Crippen molar-refractivity contribution in [3.8, 4) is 6.07 Å². The summed E-state index contributed by atoms with van der Waals surface area (Å²) in [6, 6.07) is 0.941. The van der Waals surface area contributed by atoms with Crippen molar-refractivity contribution in [1.29, 1.82) is 5.26 Å². The van der Waals surface area contributed by atoms with Gasteiger partial charge >= 0.3 is 6.09 Å². The highest BCUT2D eigenvalue weighted by Crippen LogP contribution is 2.63. The predicted octanol–water partition coefficient (Wildman–Crippen LogP) is 3.11. The molecule has 4 bridgehead atoms. The van der Waals surface area contributed by atoms with Gasteiger partial charge in [0, 0.05) is 11.5 Å². The molecule has 166 valence electrons. The quantitative estimate of drug-likeness (QED) is 0.715. The summed E-state index contributed by atoms with van der Waals surface area (Å²) in [5, 5.41) is 23.7. The van der Waals surface area contributed by atoms with E-state index in [0.29, 0.717) is 18.3 Å². The SMILES string of the molecule is CC(C#N)N(C(=O)C(NC(=O)OC(C)(C)C)C12CC3CC(CC(O)(C3)C1)C2)C1CC1. The molecular formula is C23H35N3O4. The minimum Gasteiger partial charge on any atom is -0.444 e. The lowest BCUT2D eigenvalue weighted by Gasteiger charge is -2.62. The molecule has 5 fully saturated rings. The second-order valence-electron chi connectivity index (χ2n) is 11.4. The van der Waals surface area contributed by atoms with Crippen molar-refractivity contribution in [3.05, 3.63) is 0 Å². The van der Waals surface area contributed by atoms with Crippen molar-refractivity contribution in [2.45, 2.75) is 108 Å². The van der Waals surface area contributed by atoms with Crippen LogP contribution in [0.25, 0.3) is 0 Å². The van der Waals surface area contributed by atoms with Crippen LogP contribution < -0.4 is 5.32 Å². The van der Waals surface area contributed by atoms with E-state index in [4.69, 9.17) is 4.74 Å². The highest BCUT2D eigenvalue weighted by Gasteiger charge is 2.62. The molecule has 4 unspecified atom stereocenters. The lowest BCUT2D eigenvalue weighted by molar-refractivity contribution is -0.180. The first-order chi connectivity index (χ1) is 13.9. The van der Waals surface area contributed by atoms with Crippen molar-refractivity contribution in [2.24, 2.45) is 17.3 Å². The summed E-state index contributed by atoms with van der Waals surface area (Å²) in [6.07, 6.45) is 6.03. The summed E-state index contributed by atoms with van der Waals surface area (Å²) < 4.78 is 5.50. The molecular weight excluding hydrogens is 382 g/mol. The number of ether oxygens (including phenoxy) is 1. The van der Waals surface area contributed by atoms with Crippen LogP contribution in [0.5, 0.6) is 0 Å². The van der Waals surface area contributed by atoms with Crippen LogP contribution in [0.4, 0.5) is 4.79 Å². The van der Waals surface area contributed by atoms with Gasteiger partial charge in [-0.3, -0.25) is 4.79 Å². The van der Waals surface area contributed by atoms with Crippen LogP contribution in [0.1, 0.15) is 79.1 Å². The number of nitriles is 1. The van der Waals surface area contributed by atoms with Gasteiger partial charge in [0.05, 0.1) is 11.7 Å². The fourth-order valence-corrected chi connectivity index (χ4v) is 6.78. The molecule has 7 heteroatoms. The number of carbonyl (C=O) groups is 2. The minimum absolute atomic E-state index is 0.0621. The zero-order valence-electron chi connectivity index (χ0n) is 18.6. The molecule has 5 aliphatic rings. The highest BCUT2D eigenvalue weighted by atomic mass is 16.6. The molecule has 5 saturated carbocycles. The number of carbonyl (C=O) groups excluding carboxylic acids is 2. The maximum Gasteiger partial charge on any atom is 0.408 e. The lowest BCUT2D eigenvalue weighted by atomic mass is 9.46. The molecule has 5 rings (SSSR count). The lowest BCUT2D eigenvalue weighted by Crippen LogP contribution is -2.67. The zero-order chi connectivity index (χ0) is 21.9. The fraction of sp³-hybridized carbons (Fsp3) is 0.870. The molecule has 0 radical (unpaired) electrons. The Kier molecular flexibility index (Phi) is 5.08. The second kappa shape index (κ2) is 7.12. The predicted molar refractivity (Wildman–Crippen MR) is 110 cm³/mol. The number of hydrogen-bond donors (Lipinski definition) is 2. The van der Waals surface area contributed by atoms with Crippen LogP contribution in [0.15, 0.2) is 0 Å². The Morgan fingerprint density at radius 3 is 2.27 bits per heavy atom. The number of aliphatic hydroxyl groups is 1. The van der Waals surface area contributed by atoms with E-state index < -0.39 is 34.8 Å². The number of rotatable bonds is 5. The van der Waals surface area contributed by atoms with Crippen molar-refractivity contribution in [2.75, 3.05) is 0 Å². The first-order valence-corrected chi connectivity index (χ1v) is 11.4. The number of nitrogens with one attached hydrogen (secondary N) is 1. The summed E-state index contributed by atoms with van der Waals surface area (Å²) >= 11 is 0. The molecule has 0 aromatic rings. The van der Waals surface area contributed by atoms with Gasteiger partial charge in [-0.05, 0) is 90.9 Å². The van der Waals surface area contributed by atoms with E-state index >= 15 is 0 Å². The average Bonchev–Trinajstić information content (AvgIpc) is 3.40.